The largest absolute Gasteiger partial charge is 0.257 e. The molecule has 0 saturated heterocycles. The molecule has 1 heterocycles. The number of hydrogen-bond donors (Lipinski definition) is 0. The summed E-state index contributed by atoms with van der Waals surface area (Å²) in [6.07, 6.45) is 9.28. The molecule has 0 fully saturated rings. The Morgan fingerprint density at radius 2 is 1.62 bits per heavy atom. The van der Waals surface area contributed by atoms with Gasteiger partial charge in [-0.05, 0) is 43.2 Å². The first kappa shape index (κ1) is 11.6. The normalized spacial score (nSPS) is 17.4. The van der Waals surface area contributed by atoms with Gasteiger partial charge in [-0.1, -0.05) is 39.2 Å². The maximum absolute atomic E-state index is 4.86. The van der Waals surface area contributed by atoms with Crippen LogP contribution in [-0.2, 0) is 12.8 Å². The summed E-state index contributed by atoms with van der Waals surface area (Å²) in [5, 5.41) is 0. The van der Waals surface area contributed by atoms with Crippen molar-refractivity contribution in [2.75, 3.05) is 0 Å². The quantitative estimate of drug-likeness (QED) is 0.685. The van der Waals surface area contributed by atoms with Gasteiger partial charge in [-0.25, -0.2) is 0 Å². The second-order valence-electron chi connectivity index (χ2n) is 5.26. The van der Waals surface area contributed by atoms with Crippen molar-refractivity contribution >= 4 is 0 Å². The number of pyridine rings is 1. The van der Waals surface area contributed by atoms with E-state index in [1.807, 2.05) is 0 Å². The second kappa shape index (κ2) is 5.47. The highest BCUT2D eigenvalue weighted by Crippen LogP contribution is 2.21. The van der Waals surface area contributed by atoms with Gasteiger partial charge in [0.1, 0.15) is 0 Å². The minimum Gasteiger partial charge on any atom is -0.257 e. The molecule has 0 spiro atoms. The average Bonchev–Trinajstić information content (AvgIpc) is 2.39. The van der Waals surface area contributed by atoms with E-state index in [1.54, 1.807) is 0 Å². The molecule has 1 aliphatic carbocycles. The van der Waals surface area contributed by atoms with Crippen LogP contribution in [0.2, 0.25) is 0 Å². The molecule has 1 aromatic heterocycles. The smallest absolute Gasteiger partial charge is 0.0438 e. The van der Waals surface area contributed by atoms with Gasteiger partial charge in [-0.2, -0.15) is 0 Å². The lowest BCUT2D eigenvalue weighted by molar-refractivity contribution is 0.627. The van der Waals surface area contributed by atoms with Gasteiger partial charge in [0.15, 0.2) is 0 Å². The minimum atomic E-state index is 0.554. The molecule has 0 aliphatic heterocycles. The summed E-state index contributed by atoms with van der Waals surface area (Å²) in [6, 6.07) is 4.55. The van der Waals surface area contributed by atoms with E-state index in [0.717, 1.165) is 0 Å². The third-order valence-corrected chi connectivity index (χ3v) is 3.54. The van der Waals surface area contributed by atoms with Gasteiger partial charge >= 0.3 is 0 Å². The molecular formula is C15H23N. The van der Waals surface area contributed by atoms with Crippen molar-refractivity contribution in [3.05, 3.63) is 29.1 Å². The van der Waals surface area contributed by atoms with Crippen LogP contribution in [0.3, 0.4) is 0 Å². The molecule has 0 radical (unpaired) electrons. The Morgan fingerprint density at radius 3 is 2.38 bits per heavy atom. The molecule has 0 N–H and O–H groups in total. The summed E-state index contributed by atoms with van der Waals surface area (Å²) in [5.41, 5.74) is 4.15. The highest BCUT2D eigenvalue weighted by atomic mass is 14.7. The first-order valence-corrected chi connectivity index (χ1v) is 6.76. The van der Waals surface area contributed by atoms with E-state index in [4.69, 9.17) is 4.98 Å². The van der Waals surface area contributed by atoms with Crippen molar-refractivity contribution in [1.29, 1.82) is 0 Å². The summed E-state index contributed by atoms with van der Waals surface area (Å²) in [7, 11) is 0. The summed E-state index contributed by atoms with van der Waals surface area (Å²) >= 11 is 0. The molecule has 0 saturated carbocycles. The topological polar surface area (TPSA) is 12.9 Å². The van der Waals surface area contributed by atoms with Gasteiger partial charge in [0.2, 0.25) is 0 Å². The van der Waals surface area contributed by atoms with E-state index in [-0.39, 0.29) is 0 Å². The molecular weight excluding hydrogens is 194 g/mol. The second-order valence-corrected chi connectivity index (χ2v) is 5.26. The van der Waals surface area contributed by atoms with Gasteiger partial charge < -0.3 is 0 Å². The molecule has 1 nitrogen and oxygen atoms in total. The molecule has 88 valence electrons. The molecule has 0 amide bonds. The van der Waals surface area contributed by atoms with E-state index in [9.17, 15) is 0 Å². The maximum atomic E-state index is 4.86. The van der Waals surface area contributed by atoms with Crippen molar-refractivity contribution in [3.8, 4) is 0 Å². The monoisotopic (exact) mass is 217 g/mol. The van der Waals surface area contributed by atoms with Gasteiger partial charge in [-0.3, -0.25) is 4.98 Å². The number of rotatable bonds is 1. The Hall–Kier alpha value is -0.850. The van der Waals surface area contributed by atoms with Crippen LogP contribution in [0.5, 0.6) is 0 Å². The Bertz CT molecular complexity index is 341. The Labute approximate surface area is 99.3 Å². The maximum Gasteiger partial charge on any atom is 0.0438 e. The van der Waals surface area contributed by atoms with E-state index in [2.05, 4.69) is 26.0 Å². The molecule has 0 unspecified atom stereocenters. The first-order valence-electron chi connectivity index (χ1n) is 6.76. The van der Waals surface area contributed by atoms with Crippen LogP contribution in [0.4, 0.5) is 0 Å². The van der Waals surface area contributed by atoms with Crippen LogP contribution in [0.1, 0.15) is 68.8 Å². The molecule has 1 aromatic rings. The highest BCUT2D eigenvalue weighted by Gasteiger charge is 2.09. The molecule has 0 atom stereocenters. The lowest BCUT2D eigenvalue weighted by atomic mass is 10.0. The predicted octanol–water partition coefficient (Wildman–Crippen LogP) is 4.25. The molecule has 2 rings (SSSR count). The molecule has 1 heteroatoms. The van der Waals surface area contributed by atoms with E-state index < -0.39 is 0 Å². The van der Waals surface area contributed by atoms with Crippen molar-refractivity contribution in [1.82, 2.24) is 4.98 Å². The highest BCUT2D eigenvalue weighted by molar-refractivity contribution is 5.25. The fourth-order valence-corrected chi connectivity index (χ4v) is 2.45. The Balaban J connectivity index is 2.24. The van der Waals surface area contributed by atoms with Gasteiger partial charge in [0.05, 0.1) is 0 Å². The number of aromatic nitrogens is 1. The fraction of sp³-hybridized carbons (Fsp3) is 0.667. The summed E-state index contributed by atoms with van der Waals surface area (Å²) in [6.45, 7) is 4.45. The van der Waals surface area contributed by atoms with Crippen LogP contribution >= 0.6 is 0 Å². The van der Waals surface area contributed by atoms with Gasteiger partial charge in [-0.15, -0.1) is 0 Å². The number of aryl methyl sites for hydroxylation is 2. The number of nitrogens with zero attached hydrogens (tertiary/aromatic N) is 1. The lowest BCUT2D eigenvalue weighted by Gasteiger charge is -2.11. The zero-order valence-electron chi connectivity index (χ0n) is 10.6. The molecule has 16 heavy (non-hydrogen) atoms. The van der Waals surface area contributed by atoms with Crippen molar-refractivity contribution in [3.63, 3.8) is 0 Å². The Kier molecular flexibility index (Phi) is 3.98. The van der Waals surface area contributed by atoms with E-state index in [0.29, 0.717) is 5.92 Å². The third kappa shape index (κ3) is 2.84. The van der Waals surface area contributed by atoms with Gasteiger partial charge in [0.25, 0.3) is 0 Å². The van der Waals surface area contributed by atoms with Crippen LogP contribution < -0.4 is 0 Å². The van der Waals surface area contributed by atoms with E-state index >= 15 is 0 Å². The first-order chi connectivity index (χ1) is 7.77. The zero-order chi connectivity index (χ0) is 11.4. The molecule has 1 aliphatic rings. The zero-order valence-corrected chi connectivity index (χ0v) is 10.6. The van der Waals surface area contributed by atoms with E-state index in [1.165, 1.54) is 61.9 Å². The molecule has 0 aromatic carbocycles. The third-order valence-electron chi connectivity index (χ3n) is 3.54. The summed E-state index contributed by atoms with van der Waals surface area (Å²) < 4.78 is 0. The van der Waals surface area contributed by atoms with Crippen molar-refractivity contribution < 1.29 is 0 Å². The van der Waals surface area contributed by atoms with Gasteiger partial charge in [0, 0.05) is 11.4 Å². The SMILES string of the molecule is CC(C)c1ccc2c(n1)CCCCCCC2. The van der Waals surface area contributed by atoms with Crippen molar-refractivity contribution in [2.24, 2.45) is 0 Å². The summed E-state index contributed by atoms with van der Waals surface area (Å²) in [5.74, 6) is 0.554. The lowest BCUT2D eigenvalue weighted by Crippen LogP contribution is -2.02. The fourth-order valence-electron chi connectivity index (χ4n) is 2.45. The van der Waals surface area contributed by atoms with Crippen molar-refractivity contribution in [2.45, 2.75) is 64.7 Å². The summed E-state index contributed by atoms with van der Waals surface area (Å²) in [4.78, 5) is 4.86. The minimum absolute atomic E-state index is 0.554. The number of hydrogen-bond acceptors (Lipinski definition) is 1. The van der Waals surface area contributed by atoms with Crippen LogP contribution in [0, 0.1) is 0 Å². The Morgan fingerprint density at radius 1 is 0.938 bits per heavy atom. The molecule has 0 bridgehead atoms. The predicted molar refractivity (Wildman–Crippen MR) is 68.8 cm³/mol. The average molecular weight is 217 g/mol. The standard InChI is InChI=1S/C15H23N/c1-12(2)14-11-10-13-8-6-4-3-5-7-9-15(13)16-14/h10-12H,3-9H2,1-2H3. The number of fused-ring (bicyclic) bond motifs is 1. The van der Waals surface area contributed by atoms with Crippen LogP contribution in [0.15, 0.2) is 12.1 Å². The van der Waals surface area contributed by atoms with Crippen LogP contribution in [-0.4, -0.2) is 4.98 Å². The van der Waals surface area contributed by atoms with Crippen LogP contribution in [0.25, 0.3) is 0 Å².